The van der Waals surface area contributed by atoms with E-state index in [-0.39, 0.29) is 11.9 Å². The largest absolute Gasteiger partial charge is 0.352 e. The van der Waals surface area contributed by atoms with Crippen molar-refractivity contribution in [1.29, 1.82) is 5.26 Å². The van der Waals surface area contributed by atoms with E-state index in [0.717, 1.165) is 50.0 Å². The summed E-state index contributed by atoms with van der Waals surface area (Å²) in [7, 11) is 0. The molecule has 3 nitrogen and oxygen atoms in total. The number of benzene rings is 2. The minimum atomic E-state index is -0.484. The third-order valence-corrected chi connectivity index (χ3v) is 4.78. The Balaban J connectivity index is 1.54. The van der Waals surface area contributed by atoms with Crippen molar-refractivity contribution >= 4 is 0 Å². The first-order valence-corrected chi connectivity index (χ1v) is 9.21. The molecule has 136 valence electrons. The Morgan fingerprint density at radius 2 is 1.73 bits per heavy atom. The van der Waals surface area contributed by atoms with Crippen molar-refractivity contribution in [3.8, 4) is 17.2 Å². The Labute approximate surface area is 154 Å². The van der Waals surface area contributed by atoms with Crippen LogP contribution in [0, 0.1) is 23.1 Å². The summed E-state index contributed by atoms with van der Waals surface area (Å²) in [6, 6.07) is 14.6. The molecule has 0 N–H and O–H groups in total. The normalized spacial score (nSPS) is 19.9. The van der Waals surface area contributed by atoms with Crippen molar-refractivity contribution in [3.63, 3.8) is 0 Å². The number of halogens is 1. The van der Waals surface area contributed by atoms with Crippen molar-refractivity contribution in [2.45, 2.75) is 38.9 Å². The summed E-state index contributed by atoms with van der Waals surface area (Å²) in [4.78, 5) is 0. The maximum absolute atomic E-state index is 13.8. The smallest absolute Gasteiger partial charge is 0.157 e. The van der Waals surface area contributed by atoms with Crippen LogP contribution in [0.25, 0.3) is 11.1 Å². The first-order chi connectivity index (χ1) is 12.7. The van der Waals surface area contributed by atoms with Crippen LogP contribution in [-0.2, 0) is 15.9 Å². The molecular weight excluding hydrogens is 329 g/mol. The SMILES string of the molecule is CCCC1COC(CCc2ccc(-c3ccc(C#N)c(F)c3)cc2)OC1. The molecule has 1 aliphatic rings. The van der Waals surface area contributed by atoms with Crippen LogP contribution in [0.5, 0.6) is 0 Å². The minimum Gasteiger partial charge on any atom is -0.352 e. The van der Waals surface area contributed by atoms with Gasteiger partial charge in [-0.3, -0.25) is 0 Å². The zero-order valence-electron chi connectivity index (χ0n) is 15.1. The van der Waals surface area contributed by atoms with Gasteiger partial charge in [-0.15, -0.1) is 0 Å². The average molecular weight is 353 g/mol. The van der Waals surface area contributed by atoms with Gasteiger partial charge in [-0.25, -0.2) is 4.39 Å². The zero-order chi connectivity index (χ0) is 18.4. The number of nitrogens with zero attached hydrogens (tertiary/aromatic N) is 1. The molecule has 0 unspecified atom stereocenters. The third-order valence-electron chi connectivity index (χ3n) is 4.78. The van der Waals surface area contributed by atoms with E-state index >= 15 is 0 Å². The third kappa shape index (κ3) is 4.69. The van der Waals surface area contributed by atoms with E-state index in [1.54, 1.807) is 6.07 Å². The number of aryl methyl sites for hydroxylation is 1. The number of nitriles is 1. The van der Waals surface area contributed by atoms with E-state index in [2.05, 4.69) is 6.92 Å². The number of hydrogen-bond acceptors (Lipinski definition) is 3. The predicted molar refractivity (Wildman–Crippen MR) is 99.0 cm³/mol. The van der Waals surface area contributed by atoms with E-state index in [4.69, 9.17) is 14.7 Å². The quantitative estimate of drug-likeness (QED) is 0.727. The molecule has 1 aliphatic heterocycles. The average Bonchev–Trinajstić information content (AvgIpc) is 2.68. The van der Waals surface area contributed by atoms with Crippen LogP contribution in [0.15, 0.2) is 42.5 Å². The van der Waals surface area contributed by atoms with Crippen LogP contribution in [0.2, 0.25) is 0 Å². The molecule has 0 radical (unpaired) electrons. The highest BCUT2D eigenvalue weighted by Crippen LogP contribution is 2.24. The van der Waals surface area contributed by atoms with Crippen LogP contribution < -0.4 is 0 Å². The monoisotopic (exact) mass is 353 g/mol. The first-order valence-electron chi connectivity index (χ1n) is 9.21. The summed E-state index contributed by atoms with van der Waals surface area (Å²) < 4.78 is 25.4. The highest BCUT2D eigenvalue weighted by Gasteiger charge is 2.21. The van der Waals surface area contributed by atoms with Gasteiger partial charge in [-0.2, -0.15) is 5.26 Å². The van der Waals surface area contributed by atoms with Crippen molar-refractivity contribution < 1.29 is 13.9 Å². The molecule has 4 heteroatoms. The van der Waals surface area contributed by atoms with Crippen LogP contribution in [-0.4, -0.2) is 19.5 Å². The second-order valence-electron chi connectivity index (χ2n) is 6.79. The lowest BCUT2D eigenvalue weighted by atomic mass is 10.0. The molecule has 0 atom stereocenters. The topological polar surface area (TPSA) is 42.2 Å². The van der Waals surface area contributed by atoms with Crippen LogP contribution >= 0.6 is 0 Å². The van der Waals surface area contributed by atoms with Gasteiger partial charge in [0, 0.05) is 12.3 Å². The molecule has 0 spiro atoms. The predicted octanol–water partition coefficient (Wildman–Crippen LogP) is 5.09. The van der Waals surface area contributed by atoms with E-state index in [0.29, 0.717) is 5.92 Å². The van der Waals surface area contributed by atoms with Crippen molar-refractivity contribution in [2.24, 2.45) is 5.92 Å². The van der Waals surface area contributed by atoms with Gasteiger partial charge in [0.25, 0.3) is 0 Å². The summed E-state index contributed by atoms with van der Waals surface area (Å²) in [5.74, 6) is 0.0467. The van der Waals surface area contributed by atoms with Gasteiger partial charge in [0.1, 0.15) is 11.9 Å². The Hall–Kier alpha value is -2.22. The highest BCUT2D eigenvalue weighted by atomic mass is 19.1. The number of rotatable bonds is 6. The summed E-state index contributed by atoms with van der Waals surface area (Å²) in [6.45, 7) is 3.77. The lowest BCUT2D eigenvalue weighted by Crippen LogP contribution is -2.32. The molecule has 1 fully saturated rings. The van der Waals surface area contributed by atoms with Gasteiger partial charge in [0.2, 0.25) is 0 Å². The Kier molecular flexibility index (Phi) is 6.38. The molecule has 0 saturated carbocycles. The van der Waals surface area contributed by atoms with Crippen molar-refractivity contribution in [1.82, 2.24) is 0 Å². The summed E-state index contributed by atoms with van der Waals surface area (Å²) in [6.07, 6.45) is 3.92. The second kappa shape index (κ2) is 8.93. The Bertz CT molecular complexity index is 759. The maximum atomic E-state index is 13.8. The minimum absolute atomic E-state index is 0.0685. The lowest BCUT2D eigenvalue weighted by Gasteiger charge is -2.29. The molecule has 0 aliphatic carbocycles. The van der Waals surface area contributed by atoms with Crippen LogP contribution in [0.4, 0.5) is 4.39 Å². The maximum Gasteiger partial charge on any atom is 0.157 e. The lowest BCUT2D eigenvalue weighted by molar-refractivity contribution is -0.203. The van der Waals surface area contributed by atoms with Crippen molar-refractivity contribution in [3.05, 3.63) is 59.4 Å². The number of hydrogen-bond donors (Lipinski definition) is 0. The standard InChI is InChI=1S/C22H24FNO2/c1-2-3-17-14-25-22(26-15-17)11-6-16-4-7-18(8-5-16)19-9-10-20(13-24)21(23)12-19/h4-5,7-10,12,17,22H,2-3,6,11,14-15H2,1H3. The molecule has 0 bridgehead atoms. The Morgan fingerprint density at radius 3 is 2.35 bits per heavy atom. The molecule has 2 aromatic rings. The molecular formula is C22H24FNO2. The van der Waals surface area contributed by atoms with Gasteiger partial charge in [0.05, 0.1) is 18.8 Å². The second-order valence-corrected chi connectivity index (χ2v) is 6.79. The molecule has 26 heavy (non-hydrogen) atoms. The number of ether oxygens (including phenoxy) is 2. The van der Waals surface area contributed by atoms with Gasteiger partial charge in [0.15, 0.2) is 6.29 Å². The molecule has 3 rings (SSSR count). The van der Waals surface area contributed by atoms with Gasteiger partial charge < -0.3 is 9.47 Å². The molecule has 0 amide bonds. The fourth-order valence-electron chi connectivity index (χ4n) is 3.26. The summed E-state index contributed by atoms with van der Waals surface area (Å²) in [5.41, 5.74) is 2.98. The van der Waals surface area contributed by atoms with Gasteiger partial charge in [-0.05, 0) is 41.7 Å². The van der Waals surface area contributed by atoms with Crippen LogP contribution in [0.3, 0.4) is 0 Å². The van der Waals surface area contributed by atoms with Gasteiger partial charge in [-0.1, -0.05) is 43.7 Å². The first kappa shape index (κ1) is 18.6. The summed E-state index contributed by atoms with van der Waals surface area (Å²) >= 11 is 0. The van der Waals surface area contributed by atoms with E-state index < -0.39 is 5.82 Å². The fraction of sp³-hybridized carbons (Fsp3) is 0.409. The zero-order valence-corrected chi connectivity index (χ0v) is 15.1. The van der Waals surface area contributed by atoms with Crippen molar-refractivity contribution in [2.75, 3.05) is 13.2 Å². The fourth-order valence-corrected chi connectivity index (χ4v) is 3.26. The molecule has 2 aromatic carbocycles. The highest BCUT2D eigenvalue weighted by molar-refractivity contribution is 5.64. The molecule has 1 heterocycles. The van der Waals surface area contributed by atoms with Gasteiger partial charge >= 0.3 is 0 Å². The van der Waals surface area contributed by atoms with E-state index in [9.17, 15) is 4.39 Å². The van der Waals surface area contributed by atoms with E-state index in [1.807, 2.05) is 30.3 Å². The molecule has 1 saturated heterocycles. The van der Waals surface area contributed by atoms with Crippen LogP contribution in [0.1, 0.15) is 37.3 Å². The van der Waals surface area contributed by atoms with E-state index in [1.165, 1.54) is 17.7 Å². The Morgan fingerprint density at radius 1 is 1.04 bits per heavy atom. The summed E-state index contributed by atoms with van der Waals surface area (Å²) in [5, 5.41) is 8.81. The molecule has 0 aromatic heterocycles.